The largest absolute Gasteiger partial charge is 0.313 e. The molecule has 0 saturated carbocycles. The fourth-order valence-corrected chi connectivity index (χ4v) is 2.30. The highest BCUT2D eigenvalue weighted by Crippen LogP contribution is 2.12. The molecule has 19 heavy (non-hydrogen) atoms. The zero-order valence-corrected chi connectivity index (χ0v) is 13.0. The van der Waals surface area contributed by atoms with Crippen molar-refractivity contribution in [1.29, 1.82) is 0 Å². The first kappa shape index (κ1) is 16.2. The van der Waals surface area contributed by atoms with Crippen LogP contribution in [0.2, 0.25) is 0 Å². The normalized spacial score (nSPS) is 12.8. The van der Waals surface area contributed by atoms with Gasteiger partial charge in [-0.05, 0) is 20.4 Å². The van der Waals surface area contributed by atoms with Crippen LogP contribution in [0, 0.1) is 0 Å². The lowest BCUT2D eigenvalue weighted by atomic mass is 10.1. The molecule has 3 heteroatoms. The van der Waals surface area contributed by atoms with E-state index in [1.54, 1.807) is 0 Å². The number of aryl methyl sites for hydroxylation is 1. The van der Waals surface area contributed by atoms with E-state index < -0.39 is 0 Å². The Labute approximate surface area is 118 Å². The molecular weight excluding hydrogens is 234 g/mol. The highest BCUT2D eigenvalue weighted by atomic mass is 15.3. The Morgan fingerprint density at radius 1 is 1.11 bits per heavy atom. The summed E-state index contributed by atoms with van der Waals surface area (Å²) >= 11 is 0. The van der Waals surface area contributed by atoms with Gasteiger partial charge in [0.1, 0.15) is 0 Å². The highest BCUT2D eigenvalue weighted by Gasteiger charge is 2.04. The highest BCUT2D eigenvalue weighted by molar-refractivity contribution is 5.08. The van der Waals surface area contributed by atoms with E-state index in [2.05, 4.69) is 35.1 Å². The molecular formula is C16H31N3. The molecule has 0 bridgehead atoms. The van der Waals surface area contributed by atoms with Crippen LogP contribution in [0.1, 0.15) is 76.8 Å². The third kappa shape index (κ3) is 6.76. The number of rotatable bonds is 11. The molecule has 0 spiro atoms. The van der Waals surface area contributed by atoms with Gasteiger partial charge in [0, 0.05) is 24.3 Å². The summed E-state index contributed by atoms with van der Waals surface area (Å²) < 4.78 is 2.08. The maximum absolute atomic E-state index is 4.42. The van der Waals surface area contributed by atoms with Gasteiger partial charge in [0.25, 0.3) is 0 Å². The SMILES string of the molecule is CCCCCCCCCCn1cc(C(C)NC)cn1. The van der Waals surface area contributed by atoms with E-state index in [1.165, 1.54) is 56.9 Å². The molecule has 1 heterocycles. The molecule has 1 aromatic heterocycles. The van der Waals surface area contributed by atoms with E-state index in [0.717, 1.165) is 6.54 Å². The van der Waals surface area contributed by atoms with Crippen molar-refractivity contribution in [2.75, 3.05) is 7.05 Å². The van der Waals surface area contributed by atoms with Crippen LogP contribution in [0.4, 0.5) is 0 Å². The van der Waals surface area contributed by atoms with Crippen LogP contribution in [-0.2, 0) is 6.54 Å². The zero-order valence-electron chi connectivity index (χ0n) is 13.0. The minimum absolute atomic E-state index is 0.396. The van der Waals surface area contributed by atoms with Gasteiger partial charge in [-0.25, -0.2) is 0 Å². The van der Waals surface area contributed by atoms with Crippen LogP contribution in [0.3, 0.4) is 0 Å². The van der Waals surface area contributed by atoms with E-state index >= 15 is 0 Å². The quantitative estimate of drug-likeness (QED) is 0.604. The summed E-state index contributed by atoms with van der Waals surface area (Å²) in [5, 5.41) is 7.66. The second-order valence-electron chi connectivity index (χ2n) is 5.52. The standard InChI is InChI=1S/C16H31N3/c1-4-5-6-7-8-9-10-11-12-19-14-16(13-18-19)15(2)17-3/h13-15,17H,4-12H2,1-3H3. The van der Waals surface area contributed by atoms with Gasteiger partial charge in [-0.3, -0.25) is 4.68 Å². The van der Waals surface area contributed by atoms with Crippen molar-refractivity contribution in [2.45, 2.75) is 77.8 Å². The van der Waals surface area contributed by atoms with Crippen LogP contribution in [0.25, 0.3) is 0 Å². The maximum atomic E-state index is 4.42. The lowest BCUT2D eigenvalue weighted by Gasteiger charge is -2.06. The molecule has 0 aromatic carbocycles. The van der Waals surface area contributed by atoms with Gasteiger partial charge in [0.15, 0.2) is 0 Å². The third-order valence-corrected chi connectivity index (χ3v) is 3.83. The first-order valence-corrected chi connectivity index (χ1v) is 7.97. The molecule has 0 amide bonds. The summed E-state index contributed by atoms with van der Waals surface area (Å²) in [5.74, 6) is 0. The summed E-state index contributed by atoms with van der Waals surface area (Å²) in [5.41, 5.74) is 1.28. The third-order valence-electron chi connectivity index (χ3n) is 3.83. The Morgan fingerprint density at radius 2 is 1.74 bits per heavy atom. The summed E-state index contributed by atoms with van der Waals surface area (Å²) in [6.45, 7) is 5.50. The van der Waals surface area contributed by atoms with Crippen LogP contribution in [0.15, 0.2) is 12.4 Å². The molecule has 1 rings (SSSR count). The van der Waals surface area contributed by atoms with Crippen molar-refractivity contribution < 1.29 is 0 Å². The Hall–Kier alpha value is -0.830. The Balaban J connectivity index is 2.04. The molecule has 1 aromatic rings. The molecule has 0 aliphatic heterocycles. The van der Waals surface area contributed by atoms with Gasteiger partial charge < -0.3 is 5.32 Å². The molecule has 0 saturated heterocycles. The zero-order chi connectivity index (χ0) is 13.9. The molecule has 1 unspecified atom stereocenters. The second-order valence-corrected chi connectivity index (χ2v) is 5.52. The summed E-state index contributed by atoms with van der Waals surface area (Å²) in [6, 6.07) is 0.396. The van der Waals surface area contributed by atoms with Gasteiger partial charge in [0.2, 0.25) is 0 Å². The number of hydrogen-bond acceptors (Lipinski definition) is 2. The Kier molecular flexibility index (Phi) is 8.55. The van der Waals surface area contributed by atoms with Gasteiger partial charge in [-0.1, -0.05) is 51.9 Å². The number of hydrogen-bond donors (Lipinski definition) is 1. The van der Waals surface area contributed by atoms with Crippen LogP contribution < -0.4 is 5.32 Å². The van der Waals surface area contributed by atoms with Crippen molar-refractivity contribution in [2.24, 2.45) is 0 Å². The molecule has 3 nitrogen and oxygen atoms in total. The second kappa shape index (κ2) is 10.0. The predicted octanol–water partition coefficient (Wildman–Crippen LogP) is 4.30. The minimum atomic E-state index is 0.396. The van der Waals surface area contributed by atoms with E-state index in [1.807, 2.05) is 13.2 Å². The summed E-state index contributed by atoms with van der Waals surface area (Å²) in [4.78, 5) is 0. The Bertz CT molecular complexity index is 320. The molecule has 0 fully saturated rings. The summed E-state index contributed by atoms with van der Waals surface area (Å²) in [7, 11) is 1.99. The van der Waals surface area contributed by atoms with Gasteiger partial charge in [0.05, 0.1) is 6.20 Å². The van der Waals surface area contributed by atoms with Crippen molar-refractivity contribution in [3.05, 3.63) is 18.0 Å². The van der Waals surface area contributed by atoms with Gasteiger partial charge in [-0.2, -0.15) is 5.10 Å². The summed E-state index contributed by atoms with van der Waals surface area (Å²) in [6.07, 6.45) is 15.1. The van der Waals surface area contributed by atoms with Crippen LogP contribution >= 0.6 is 0 Å². The number of nitrogens with one attached hydrogen (secondary N) is 1. The Morgan fingerprint density at radius 3 is 2.37 bits per heavy atom. The number of aromatic nitrogens is 2. The number of unbranched alkanes of at least 4 members (excludes halogenated alkanes) is 7. The average molecular weight is 265 g/mol. The first-order chi connectivity index (χ1) is 9.27. The molecule has 0 aliphatic carbocycles. The van der Waals surface area contributed by atoms with E-state index in [4.69, 9.17) is 0 Å². The average Bonchev–Trinajstić information content (AvgIpc) is 2.89. The minimum Gasteiger partial charge on any atom is -0.313 e. The van der Waals surface area contributed by atoms with E-state index in [-0.39, 0.29) is 0 Å². The van der Waals surface area contributed by atoms with Crippen LogP contribution in [0.5, 0.6) is 0 Å². The molecule has 1 N–H and O–H groups in total. The lowest BCUT2D eigenvalue weighted by molar-refractivity contribution is 0.519. The molecule has 1 atom stereocenters. The first-order valence-electron chi connectivity index (χ1n) is 7.97. The smallest absolute Gasteiger partial charge is 0.0537 e. The lowest BCUT2D eigenvalue weighted by Crippen LogP contribution is -2.11. The van der Waals surface area contributed by atoms with Gasteiger partial charge in [-0.15, -0.1) is 0 Å². The number of nitrogens with zero attached hydrogens (tertiary/aromatic N) is 2. The topological polar surface area (TPSA) is 29.9 Å². The van der Waals surface area contributed by atoms with E-state index in [9.17, 15) is 0 Å². The molecule has 110 valence electrons. The monoisotopic (exact) mass is 265 g/mol. The van der Waals surface area contributed by atoms with Gasteiger partial charge >= 0.3 is 0 Å². The fraction of sp³-hybridized carbons (Fsp3) is 0.812. The molecule has 0 radical (unpaired) electrons. The van der Waals surface area contributed by atoms with E-state index in [0.29, 0.717) is 6.04 Å². The van der Waals surface area contributed by atoms with Crippen molar-refractivity contribution in [1.82, 2.24) is 15.1 Å². The maximum Gasteiger partial charge on any atom is 0.0537 e. The van der Waals surface area contributed by atoms with Crippen molar-refractivity contribution >= 4 is 0 Å². The fourth-order valence-electron chi connectivity index (χ4n) is 2.30. The predicted molar refractivity (Wildman–Crippen MR) is 82.3 cm³/mol. The van der Waals surface area contributed by atoms with Crippen molar-refractivity contribution in [3.8, 4) is 0 Å². The van der Waals surface area contributed by atoms with Crippen LogP contribution in [-0.4, -0.2) is 16.8 Å². The molecule has 0 aliphatic rings. The van der Waals surface area contributed by atoms with Crippen molar-refractivity contribution in [3.63, 3.8) is 0 Å².